The summed E-state index contributed by atoms with van der Waals surface area (Å²) in [5, 5.41) is 6.48. The minimum absolute atomic E-state index is 0.0565. The number of amidine groups is 1. The van der Waals surface area contributed by atoms with E-state index in [1.165, 1.54) is 6.07 Å². The Hall–Kier alpha value is -3.58. The maximum atomic E-state index is 14.8. The third kappa shape index (κ3) is 5.94. The number of benzene rings is 2. The van der Waals surface area contributed by atoms with Crippen molar-refractivity contribution in [3.63, 3.8) is 0 Å². The van der Waals surface area contributed by atoms with Crippen molar-refractivity contribution in [3.05, 3.63) is 71.0 Å². The summed E-state index contributed by atoms with van der Waals surface area (Å²) in [5.41, 5.74) is 4.60. The number of nitrogens with two attached hydrogens (primary N) is 1. The second-order valence-corrected chi connectivity index (χ2v) is 9.48. The maximum absolute atomic E-state index is 14.8. The van der Waals surface area contributed by atoms with Gasteiger partial charge in [0.15, 0.2) is 0 Å². The van der Waals surface area contributed by atoms with Gasteiger partial charge in [-0.25, -0.2) is 13.8 Å². The Morgan fingerprint density at radius 2 is 1.87 bits per heavy atom. The number of quaternary nitrogens is 1. The fourth-order valence-corrected chi connectivity index (χ4v) is 4.61. The molecule has 0 spiro atoms. The Labute approximate surface area is 215 Å². The first-order valence-electron chi connectivity index (χ1n) is 12.0. The second-order valence-electron chi connectivity index (χ2n) is 9.48. The lowest BCUT2D eigenvalue weighted by atomic mass is 9.94. The largest absolute Gasteiger partial charge is 0.456 e. The second kappa shape index (κ2) is 11.0. The van der Waals surface area contributed by atoms with Gasteiger partial charge in [-0.3, -0.25) is 9.59 Å². The van der Waals surface area contributed by atoms with Crippen LogP contribution in [0.4, 0.5) is 22.0 Å². The molecule has 2 amide bonds. The lowest BCUT2D eigenvalue weighted by Gasteiger charge is -2.28. The van der Waals surface area contributed by atoms with Crippen molar-refractivity contribution in [3.8, 4) is 0 Å². The summed E-state index contributed by atoms with van der Waals surface area (Å²) < 4.78 is 68.7. The third-order valence-corrected chi connectivity index (χ3v) is 6.48. The number of likely N-dealkylation sites (tertiary alicyclic amines) is 1. The van der Waals surface area contributed by atoms with Crippen LogP contribution in [0.15, 0.2) is 53.6 Å². The smallest absolute Gasteiger partial charge is 0.343 e. The van der Waals surface area contributed by atoms with Gasteiger partial charge in [-0.2, -0.15) is 13.2 Å². The highest BCUT2D eigenvalue weighted by Crippen LogP contribution is 2.29. The quantitative estimate of drug-likeness (QED) is 0.372. The highest BCUT2D eigenvalue weighted by molar-refractivity contribution is 5.93. The Morgan fingerprint density at radius 3 is 2.50 bits per heavy atom. The van der Waals surface area contributed by atoms with Crippen LogP contribution < -0.4 is 16.4 Å². The number of amides is 2. The zero-order valence-electron chi connectivity index (χ0n) is 20.7. The van der Waals surface area contributed by atoms with Crippen molar-refractivity contribution in [2.24, 2.45) is 5.10 Å². The molecule has 0 aliphatic carbocycles. The molecule has 1 fully saturated rings. The number of carbonyl (C=O) groups is 2. The first-order chi connectivity index (χ1) is 18.0. The molecule has 2 aliphatic heterocycles. The number of hydrogen-bond donors (Lipinski definition) is 3. The van der Waals surface area contributed by atoms with E-state index in [2.05, 4.69) is 16.0 Å². The van der Waals surface area contributed by atoms with E-state index in [-0.39, 0.29) is 12.3 Å². The molecule has 3 atom stereocenters. The number of halogens is 5. The van der Waals surface area contributed by atoms with Gasteiger partial charge < -0.3 is 10.2 Å². The molecule has 38 heavy (non-hydrogen) atoms. The van der Waals surface area contributed by atoms with Crippen LogP contribution in [0, 0.1) is 5.82 Å². The van der Waals surface area contributed by atoms with Crippen molar-refractivity contribution < 1.29 is 37.1 Å². The lowest BCUT2D eigenvalue weighted by molar-refractivity contribution is -0.725. The number of nitrogens with one attached hydrogen (secondary N) is 2. The molecule has 0 saturated carbocycles. The summed E-state index contributed by atoms with van der Waals surface area (Å²) in [5.74, 6) is -3.40. The maximum Gasteiger partial charge on any atom is 0.456 e. The van der Waals surface area contributed by atoms with Crippen LogP contribution in [0.1, 0.15) is 48.9 Å². The van der Waals surface area contributed by atoms with Crippen molar-refractivity contribution in [1.29, 1.82) is 0 Å². The number of hydrazine groups is 1. The molecule has 8 nitrogen and oxygen atoms in total. The van der Waals surface area contributed by atoms with Gasteiger partial charge >= 0.3 is 6.18 Å². The molecule has 204 valence electrons. The van der Waals surface area contributed by atoms with Gasteiger partial charge in [-0.05, 0) is 39.3 Å². The molecule has 2 aliphatic rings. The molecule has 0 radical (unpaired) electrons. The molecule has 2 aromatic carbocycles. The van der Waals surface area contributed by atoms with E-state index in [0.29, 0.717) is 21.7 Å². The van der Waals surface area contributed by atoms with Crippen molar-refractivity contribution >= 4 is 17.6 Å². The molecule has 0 unspecified atom stereocenters. The van der Waals surface area contributed by atoms with Gasteiger partial charge in [-0.1, -0.05) is 56.3 Å². The predicted octanol–water partition coefficient (Wildman–Crippen LogP) is 2.27. The summed E-state index contributed by atoms with van der Waals surface area (Å²) in [6.07, 6.45) is -6.67. The van der Waals surface area contributed by atoms with Gasteiger partial charge in [-0.15, -0.1) is 5.53 Å². The van der Waals surface area contributed by atoms with Gasteiger partial charge in [0.2, 0.25) is 11.8 Å². The van der Waals surface area contributed by atoms with E-state index in [4.69, 9.17) is 0 Å². The van der Waals surface area contributed by atoms with Crippen LogP contribution in [-0.2, 0) is 9.59 Å². The molecule has 2 heterocycles. The molecule has 4 rings (SSSR count). The van der Waals surface area contributed by atoms with Gasteiger partial charge in [0.1, 0.15) is 24.6 Å². The number of rotatable bonds is 7. The molecule has 0 bridgehead atoms. The van der Waals surface area contributed by atoms with Gasteiger partial charge in [0, 0.05) is 6.42 Å². The normalized spacial score (nSPS) is 20.6. The molecule has 1 saturated heterocycles. The summed E-state index contributed by atoms with van der Waals surface area (Å²) in [6, 6.07) is 11.3. The van der Waals surface area contributed by atoms with E-state index in [1.54, 1.807) is 42.5 Å². The zero-order chi connectivity index (χ0) is 27.6. The number of nitrogens with zero attached hydrogens (tertiary/aromatic N) is 3. The fourth-order valence-electron chi connectivity index (χ4n) is 4.61. The van der Waals surface area contributed by atoms with Crippen molar-refractivity contribution in [1.82, 2.24) is 20.8 Å². The average molecular weight is 540 g/mol. The summed E-state index contributed by atoms with van der Waals surface area (Å²) >= 11 is 0. The molecular formula is C25H28F5N6O2+. The summed E-state index contributed by atoms with van der Waals surface area (Å²) in [4.78, 5) is 27.2. The highest BCUT2D eigenvalue weighted by atomic mass is 19.4. The topological polar surface area (TPSA) is 93.7 Å². The highest BCUT2D eigenvalue weighted by Gasteiger charge is 2.47. The van der Waals surface area contributed by atoms with E-state index >= 15 is 0 Å². The Morgan fingerprint density at radius 1 is 1.16 bits per heavy atom. The van der Waals surface area contributed by atoms with Crippen LogP contribution in [0.3, 0.4) is 0 Å². The van der Waals surface area contributed by atoms with Crippen LogP contribution in [0.2, 0.25) is 0 Å². The summed E-state index contributed by atoms with van der Waals surface area (Å²) in [7, 11) is 0. The molecule has 2 aromatic rings. The number of carbonyl (C=O) groups excluding carboxylic acids is 2. The first kappa shape index (κ1) is 27.5. The Bertz CT molecular complexity index is 1210. The monoisotopic (exact) mass is 539 g/mol. The number of hydrogen-bond acceptors (Lipinski definition) is 5. The molecular weight excluding hydrogens is 511 g/mol. The van der Waals surface area contributed by atoms with Crippen LogP contribution >= 0.6 is 0 Å². The zero-order valence-corrected chi connectivity index (χ0v) is 20.7. The SMILES string of the molecule is CC(C)c1ccc([C@@H](NC(=O)[C@@H]2C[C@@H](F)CN2C(=O)CN2N[NH2+]N=C2C(F)(F)F)c2ccccc2)cc1F. The number of alkyl halides is 4. The standard InChI is InChI=1S/C25H27F5N6O2/c1-14(2)18-9-8-16(10-19(18)27)22(15-6-4-3-5-7-15)31-23(38)20-11-17(26)12-35(20)21(37)13-36-24(25(28,29)30)32-33-34-36/h3-10,14,17,20,22,33-34H,11-13H2,1-2H3,(H,31,38)/p+1/t17-,20+,22+/m1/s1. The molecule has 13 heteroatoms. The van der Waals surface area contributed by atoms with Crippen molar-refractivity contribution in [2.45, 2.75) is 50.6 Å². The first-order valence-corrected chi connectivity index (χ1v) is 12.0. The molecule has 0 aromatic heterocycles. The minimum Gasteiger partial charge on any atom is -0.343 e. The van der Waals surface area contributed by atoms with E-state index in [1.807, 2.05) is 13.8 Å². The van der Waals surface area contributed by atoms with Crippen LogP contribution in [-0.4, -0.2) is 59.0 Å². The Balaban J connectivity index is 1.55. The third-order valence-electron chi connectivity index (χ3n) is 6.48. The lowest BCUT2D eigenvalue weighted by Crippen LogP contribution is -2.87. The fraction of sp³-hybridized carbons (Fsp3) is 0.400. The van der Waals surface area contributed by atoms with Crippen LogP contribution in [0.25, 0.3) is 0 Å². The average Bonchev–Trinajstić information content (AvgIpc) is 3.49. The van der Waals surface area contributed by atoms with E-state index in [0.717, 1.165) is 10.4 Å². The van der Waals surface area contributed by atoms with Crippen molar-refractivity contribution in [2.75, 3.05) is 13.1 Å². The molecule has 4 N–H and O–H groups in total. The summed E-state index contributed by atoms with van der Waals surface area (Å²) in [6.45, 7) is 2.45. The van der Waals surface area contributed by atoms with Gasteiger partial charge in [0.25, 0.3) is 5.84 Å². The Kier molecular flexibility index (Phi) is 7.97. The van der Waals surface area contributed by atoms with Crippen LogP contribution in [0.5, 0.6) is 0 Å². The van der Waals surface area contributed by atoms with E-state index < -0.39 is 61.0 Å². The van der Waals surface area contributed by atoms with Gasteiger partial charge in [0.05, 0.1) is 12.6 Å². The van der Waals surface area contributed by atoms with E-state index in [9.17, 15) is 31.5 Å². The minimum atomic E-state index is -4.81. The predicted molar refractivity (Wildman–Crippen MR) is 127 cm³/mol.